The van der Waals surface area contributed by atoms with Crippen LogP contribution in [0.4, 0.5) is 9.18 Å². The van der Waals surface area contributed by atoms with Gasteiger partial charge in [-0.25, -0.2) is 9.18 Å². The summed E-state index contributed by atoms with van der Waals surface area (Å²) < 4.78 is 17.8. The van der Waals surface area contributed by atoms with E-state index in [0.29, 0.717) is 0 Å². The maximum atomic E-state index is 12.8. The fourth-order valence-electron chi connectivity index (χ4n) is 1.49. The number of amides is 1. The molecule has 1 amide bonds. The summed E-state index contributed by atoms with van der Waals surface area (Å²) in [4.78, 5) is 16.3. The molecule has 0 aliphatic heterocycles. The number of hydroxylamine groups is 1. The van der Waals surface area contributed by atoms with Crippen molar-refractivity contribution in [1.82, 2.24) is 5.48 Å². The van der Waals surface area contributed by atoms with E-state index >= 15 is 0 Å². The Labute approximate surface area is 117 Å². The second-order valence-corrected chi connectivity index (χ2v) is 5.35. The Morgan fingerprint density at radius 1 is 1.35 bits per heavy atom. The lowest BCUT2D eigenvalue weighted by Crippen LogP contribution is -2.33. The van der Waals surface area contributed by atoms with Gasteiger partial charge in [-0.1, -0.05) is 12.1 Å². The Morgan fingerprint density at radius 3 is 2.45 bits per heavy atom. The Balaban J connectivity index is 2.42. The van der Waals surface area contributed by atoms with Gasteiger partial charge in [0.15, 0.2) is 0 Å². The quantitative estimate of drug-likeness (QED) is 0.815. The molecule has 0 saturated heterocycles. The van der Waals surface area contributed by atoms with Crippen LogP contribution in [0.1, 0.15) is 32.3 Å². The van der Waals surface area contributed by atoms with Crippen molar-refractivity contribution in [2.24, 2.45) is 0 Å². The van der Waals surface area contributed by atoms with Crippen LogP contribution in [0, 0.1) is 5.82 Å². The standard InChI is InChI=1S/C14H20FNO4/c1-14(2,3)20-13(18)16-19-9-11(8-17)10-4-6-12(15)7-5-10/h4-7,11,17H,8-9H2,1-3H3,(H,16,18). The molecule has 5 nitrogen and oxygen atoms in total. The SMILES string of the molecule is CC(C)(C)OC(=O)NOCC(CO)c1ccc(F)cc1. The van der Waals surface area contributed by atoms with E-state index in [1.807, 2.05) is 0 Å². The van der Waals surface area contributed by atoms with Gasteiger partial charge in [-0.05, 0) is 38.5 Å². The van der Waals surface area contributed by atoms with Crippen LogP contribution >= 0.6 is 0 Å². The molecule has 1 aromatic carbocycles. The zero-order valence-corrected chi connectivity index (χ0v) is 11.9. The third kappa shape index (κ3) is 5.99. The lowest BCUT2D eigenvalue weighted by molar-refractivity contribution is -0.0151. The van der Waals surface area contributed by atoms with Crippen molar-refractivity contribution in [2.45, 2.75) is 32.3 Å². The molecule has 0 saturated carbocycles. The topological polar surface area (TPSA) is 67.8 Å². The van der Waals surface area contributed by atoms with Gasteiger partial charge in [-0.15, -0.1) is 0 Å². The number of halogens is 1. The van der Waals surface area contributed by atoms with Gasteiger partial charge in [-0.2, -0.15) is 5.48 Å². The van der Waals surface area contributed by atoms with Gasteiger partial charge < -0.3 is 9.84 Å². The van der Waals surface area contributed by atoms with E-state index in [9.17, 15) is 14.3 Å². The number of nitrogens with one attached hydrogen (secondary N) is 1. The predicted octanol–water partition coefficient (Wildman–Crippen LogP) is 2.36. The molecule has 1 aromatic rings. The van der Waals surface area contributed by atoms with Crippen LogP contribution < -0.4 is 5.48 Å². The molecule has 0 spiro atoms. The average molecular weight is 285 g/mol. The van der Waals surface area contributed by atoms with E-state index in [1.54, 1.807) is 32.9 Å². The fourth-order valence-corrected chi connectivity index (χ4v) is 1.49. The number of hydrogen-bond acceptors (Lipinski definition) is 4. The van der Waals surface area contributed by atoms with Crippen LogP contribution in [0.5, 0.6) is 0 Å². The second-order valence-electron chi connectivity index (χ2n) is 5.35. The molecule has 0 heterocycles. The largest absolute Gasteiger partial charge is 0.442 e. The first kappa shape index (κ1) is 16.4. The summed E-state index contributed by atoms with van der Waals surface area (Å²) in [6, 6.07) is 5.73. The molecule has 20 heavy (non-hydrogen) atoms. The summed E-state index contributed by atoms with van der Waals surface area (Å²) in [6.07, 6.45) is -0.701. The minimum absolute atomic E-state index is 0.0569. The lowest BCUT2D eigenvalue weighted by Gasteiger charge is -2.20. The summed E-state index contributed by atoms with van der Waals surface area (Å²) >= 11 is 0. The molecule has 1 unspecified atom stereocenters. The van der Waals surface area contributed by atoms with E-state index in [1.165, 1.54) is 12.1 Å². The van der Waals surface area contributed by atoms with Crippen LogP contribution in [0.3, 0.4) is 0 Å². The number of carbonyl (C=O) groups excluding carboxylic acids is 1. The van der Waals surface area contributed by atoms with Gasteiger partial charge in [-0.3, -0.25) is 4.84 Å². The molecule has 0 bridgehead atoms. The predicted molar refractivity (Wildman–Crippen MR) is 71.5 cm³/mol. The molecule has 2 N–H and O–H groups in total. The molecule has 1 rings (SSSR count). The Kier molecular flexibility index (Phi) is 5.91. The van der Waals surface area contributed by atoms with Crippen molar-refractivity contribution in [1.29, 1.82) is 0 Å². The van der Waals surface area contributed by atoms with E-state index in [-0.39, 0.29) is 24.9 Å². The molecular weight excluding hydrogens is 265 g/mol. The van der Waals surface area contributed by atoms with Crippen LogP contribution in [0.2, 0.25) is 0 Å². The van der Waals surface area contributed by atoms with Gasteiger partial charge in [0.2, 0.25) is 0 Å². The zero-order valence-electron chi connectivity index (χ0n) is 11.9. The van der Waals surface area contributed by atoms with Crippen molar-refractivity contribution in [3.05, 3.63) is 35.6 Å². The van der Waals surface area contributed by atoms with Crippen LogP contribution in [-0.4, -0.2) is 30.0 Å². The number of carbonyl (C=O) groups is 1. The van der Waals surface area contributed by atoms with Gasteiger partial charge in [0.1, 0.15) is 11.4 Å². The third-order valence-corrected chi connectivity index (χ3v) is 2.40. The number of aliphatic hydroxyl groups excluding tert-OH is 1. The summed E-state index contributed by atoms with van der Waals surface area (Å²) in [7, 11) is 0. The van der Waals surface area contributed by atoms with Gasteiger partial charge in [0, 0.05) is 5.92 Å². The molecule has 0 radical (unpaired) electrons. The normalized spacial score (nSPS) is 12.8. The molecule has 1 atom stereocenters. The smallest absolute Gasteiger partial charge is 0.431 e. The first-order valence-corrected chi connectivity index (χ1v) is 6.29. The van der Waals surface area contributed by atoms with Crippen molar-refractivity contribution in [2.75, 3.05) is 13.2 Å². The van der Waals surface area contributed by atoms with Gasteiger partial charge >= 0.3 is 6.09 Å². The highest BCUT2D eigenvalue weighted by Crippen LogP contribution is 2.16. The van der Waals surface area contributed by atoms with Crippen molar-refractivity contribution < 1.29 is 23.9 Å². The van der Waals surface area contributed by atoms with E-state index < -0.39 is 11.7 Å². The minimum Gasteiger partial charge on any atom is -0.442 e. The summed E-state index contributed by atoms with van der Waals surface area (Å²) in [6.45, 7) is 5.09. The van der Waals surface area contributed by atoms with Gasteiger partial charge in [0.25, 0.3) is 0 Å². The first-order chi connectivity index (χ1) is 9.31. The summed E-state index contributed by atoms with van der Waals surface area (Å²) in [5.41, 5.74) is 2.25. The molecule has 0 aliphatic rings. The minimum atomic E-state index is -0.701. The Morgan fingerprint density at radius 2 is 1.95 bits per heavy atom. The monoisotopic (exact) mass is 285 g/mol. The number of aliphatic hydroxyl groups is 1. The maximum Gasteiger partial charge on any atom is 0.431 e. The van der Waals surface area contributed by atoms with Crippen LogP contribution in [0.15, 0.2) is 24.3 Å². The molecule has 0 aliphatic carbocycles. The highest BCUT2D eigenvalue weighted by Gasteiger charge is 2.17. The van der Waals surface area contributed by atoms with E-state index in [4.69, 9.17) is 9.57 Å². The first-order valence-electron chi connectivity index (χ1n) is 6.29. The summed E-state index contributed by atoms with van der Waals surface area (Å²) in [5.74, 6) is -0.705. The van der Waals surface area contributed by atoms with E-state index in [0.717, 1.165) is 5.56 Å². The lowest BCUT2D eigenvalue weighted by atomic mass is 10.0. The number of hydrogen-bond donors (Lipinski definition) is 2. The average Bonchev–Trinajstić information content (AvgIpc) is 2.34. The maximum absolute atomic E-state index is 12.8. The highest BCUT2D eigenvalue weighted by molar-refractivity contribution is 5.66. The van der Waals surface area contributed by atoms with Crippen molar-refractivity contribution >= 4 is 6.09 Å². The fraction of sp³-hybridized carbons (Fsp3) is 0.500. The molecule has 0 aromatic heterocycles. The van der Waals surface area contributed by atoms with E-state index in [2.05, 4.69) is 5.48 Å². The Bertz CT molecular complexity index is 428. The van der Waals surface area contributed by atoms with Crippen molar-refractivity contribution in [3.8, 4) is 0 Å². The number of rotatable bonds is 5. The number of ether oxygens (including phenoxy) is 1. The third-order valence-electron chi connectivity index (χ3n) is 2.40. The summed E-state index contributed by atoms with van der Waals surface area (Å²) in [5, 5.41) is 9.28. The number of benzene rings is 1. The second kappa shape index (κ2) is 7.21. The molecule has 0 fully saturated rings. The van der Waals surface area contributed by atoms with Crippen LogP contribution in [-0.2, 0) is 9.57 Å². The Hall–Kier alpha value is -1.66. The zero-order chi connectivity index (χ0) is 15.2. The van der Waals surface area contributed by atoms with Crippen molar-refractivity contribution in [3.63, 3.8) is 0 Å². The molecule has 112 valence electrons. The highest BCUT2D eigenvalue weighted by atomic mass is 19.1. The van der Waals surface area contributed by atoms with Crippen LogP contribution in [0.25, 0.3) is 0 Å². The van der Waals surface area contributed by atoms with Gasteiger partial charge in [0.05, 0.1) is 13.2 Å². The molecule has 6 heteroatoms. The molecular formula is C14H20FNO4.